The number of alkyl halides is 2. The molecule has 0 aliphatic heterocycles. The maximum Gasteiger partial charge on any atom is 0.248 e. The third-order valence-electron chi connectivity index (χ3n) is 3.59. The van der Waals surface area contributed by atoms with E-state index in [0.29, 0.717) is 24.4 Å². The second kappa shape index (κ2) is 4.50. The predicted octanol–water partition coefficient (Wildman–Crippen LogP) is 3.14. The van der Waals surface area contributed by atoms with Crippen molar-refractivity contribution in [3.8, 4) is 0 Å². The Bertz CT molecular complexity index is 399. The Morgan fingerprint density at radius 3 is 2.47 bits per heavy atom. The number of halogens is 3. The van der Waals surface area contributed by atoms with Crippen molar-refractivity contribution in [2.24, 2.45) is 5.73 Å². The molecule has 2 nitrogen and oxygen atoms in total. The van der Waals surface area contributed by atoms with Crippen molar-refractivity contribution in [2.45, 2.75) is 37.0 Å². The lowest BCUT2D eigenvalue weighted by Gasteiger charge is -2.38. The van der Waals surface area contributed by atoms with Gasteiger partial charge < -0.3 is 5.73 Å². The SMILES string of the molecule is NCC1(c2cc(Cl)ccn2)CCC(F)(F)CC1. The van der Waals surface area contributed by atoms with Gasteiger partial charge in [-0.2, -0.15) is 0 Å². The lowest BCUT2D eigenvalue weighted by molar-refractivity contribution is -0.0514. The van der Waals surface area contributed by atoms with Crippen LogP contribution in [0.4, 0.5) is 8.78 Å². The summed E-state index contributed by atoms with van der Waals surface area (Å²) in [4.78, 5) is 4.24. The molecule has 1 saturated carbocycles. The van der Waals surface area contributed by atoms with Gasteiger partial charge in [-0.05, 0) is 25.0 Å². The Kier molecular flexibility index (Phi) is 3.36. The van der Waals surface area contributed by atoms with Crippen LogP contribution in [0.5, 0.6) is 0 Å². The molecular weight excluding hydrogens is 246 g/mol. The summed E-state index contributed by atoms with van der Waals surface area (Å²) >= 11 is 5.91. The lowest BCUT2D eigenvalue weighted by atomic mass is 9.70. The number of nitrogens with two attached hydrogens (primary N) is 1. The molecule has 0 atom stereocenters. The van der Waals surface area contributed by atoms with Crippen molar-refractivity contribution in [1.29, 1.82) is 0 Å². The smallest absolute Gasteiger partial charge is 0.248 e. The zero-order chi connectivity index (χ0) is 12.5. The molecule has 0 saturated heterocycles. The first-order valence-electron chi connectivity index (χ1n) is 5.67. The van der Waals surface area contributed by atoms with Gasteiger partial charge in [0.05, 0.1) is 0 Å². The van der Waals surface area contributed by atoms with Gasteiger partial charge in [-0.25, -0.2) is 8.78 Å². The number of nitrogens with zero attached hydrogens (tertiary/aromatic N) is 1. The predicted molar refractivity (Wildman–Crippen MR) is 63.4 cm³/mol. The molecule has 1 aliphatic carbocycles. The zero-order valence-corrected chi connectivity index (χ0v) is 10.2. The van der Waals surface area contributed by atoms with Crippen LogP contribution in [0.3, 0.4) is 0 Å². The molecule has 0 bridgehead atoms. The monoisotopic (exact) mass is 260 g/mol. The van der Waals surface area contributed by atoms with Gasteiger partial charge in [0.1, 0.15) is 0 Å². The summed E-state index contributed by atoms with van der Waals surface area (Å²) in [5.74, 6) is -2.56. The van der Waals surface area contributed by atoms with E-state index >= 15 is 0 Å². The molecule has 0 unspecified atom stereocenters. The van der Waals surface area contributed by atoms with E-state index in [0.717, 1.165) is 5.69 Å². The van der Waals surface area contributed by atoms with Gasteiger partial charge in [-0.15, -0.1) is 0 Å². The van der Waals surface area contributed by atoms with Crippen LogP contribution in [0.25, 0.3) is 0 Å². The fourth-order valence-electron chi connectivity index (χ4n) is 2.35. The van der Waals surface area contributed by atoms with Gasteiger partial charge >= 0.3 is 0 Å². The minimum Gasteiger partial charge on any atom is -0.330 e. The highest BCUT2D eigenvalue weighted by atomic mass is 35.5. The van der Waals surface area contributed by atoms with Crippen LogP contribution in [0.1, 0.15) is 31.4 Å². The molecule has 0 amide bonds. The largest absolute Gasteiger partial charge is 0.330 e. The average molecular weight is 261 g/mol. The van der Waals surface area contributed by atoms with Crippen molar-refractivity contribution in [3.63, 3.8) is 0 Å². The Morgan fingerprint density at radius 1 is 1.29 bits per heavy atom. The highest BCUT2D eigenvalue weighted by Gasteiger charge is 2.44. The number of rotatable bonds is 2. The first-order valence-corrected chi connectivity index (χ1v) is 6.05. The number of hydrogen-bond acceptors (Lipinski definition) is 2. The lowest BCUT2D eigenvalue weighted by Crippen LogP contribution is -2.42. The highest BCUT2D eigenvalue weighted by Crippen LogP contribution is 2.44. The second-order valence-electron chi connectivity index (χ2n) is 4.70. The minimum atomic E-state index is -2.56. The van der Waals surface area contributed by atoms with Crippen LogP contribution in [0, 0.1) is 0 Å². The molecule has 17 heavy (non-hydrogen) atoms. The van der Waals surface area contributed by atoms with Crippen LogP contribution < -0.4 is 5.73 Å². The number of pyridine rings is 1. The normalized spacial score (nSPS) is 22.4. The minimum absolute atomic E-state index is 0.127. The van der Waals surface area contributed by atoms with Crippen molar-refractivity contribution in [3.05, 3.63) is 29.0 Å². The van der Waals surface area contributed by atoms with E-state index in [-0.39, 0.29) is 12.8 Å². The Hall–Kier alpha value is -0.740. The molecule has 2 rings (SSSR count). The maximum absolute atomic E-state index is 13.2. The maximum atomic E-state index is 13.2. The summed E-state index contributed by atoms with van der Waals surface area (Å²) in [6.07, 6.45) is 2.08. The summed E-state index contributed by atoms with van der Waals surface area (Å²) in [6.45, 7) is 0.330. The molecule has 5 heteroatoms. The van der Waals surface area contributed by atoms with E-state index in [9.17, 15) is 8.78 Å². The Balaban J connectivity index is 2.27. The fraction of sp³-hybridized carbons (Fsp3) is 0.583. The van der Waals surface area contributed by atoms with Crippen LogP contribution in [-0.2, 0) is 5.41 Å². The average Bonchev–Trinajstić information content (AvgIpc) is 2.30. The van der Waals surface area contributed by atoms with E-state index in [1.165, 1.54) is 0 Å². The van der Waals surface area contributed by atoms with Gasteiger partial charge in [0.2, 0.25) is 5.92 Å². The van der Waals surface area contributed by atoms with Crippen LogP contribution in [0.2, 0.25) is 5.02 Å². The molecule has 94 valence electrons. The molecule has 1 heterocycles. The van der Waals surface area contributed by atoms with Crippen molar-refractivity contribution >= 4 is 11.6 Å². The molecule has 0 radical (unpaired) electrons. The number of aromatic nitrogens is 1. The van der Waals surface area contributed by atoms with E-state index in [2.05, 4.69) is 4.98 Å². The van der Waals surface area contributed by atoms with Gasteiger partial charge in [-0.1, -0.05) is 11.6 Å². The summed E-state index contributed by atoms with van der Waals surface area (Å²) in [6, 6.07) is 3.41. The summed E-state index contributed by atoms with van der Waals surface area (Å²) in [5.41, 5.74) is 6.08. The van der Waals surface area contributed by atoms with Gasteiger partial charge in [0, 0.05) is 41.7 Å². The van der Waals surface area contributed by atoms with Crippen molar-refractivity contribution < 1.29 is 8.78 Å². The summed E-state index contributed by atoms with van der Waals surface area (Å²) in [5, 5.41) is 0.570. The molecule has 0 spiro atoms. The fourth-order valence-corrected chi connectivity index (χ4v) is 2.51. The van der Waals surface area contributed by atoms with E-state index < -0.39 is 11.3 Å². The first-order chi connectivity index (χ1) is 7.97. The molecule has 1 aromatic rings. The van der Waals surface area contributed by atoms with Crippen LogP contribution >= 0.6 is 11.6 Å². The topological polar surface area (TPSA) is 38.9 Å². The standard InChI is InChI=1S/C12H15ClF2N2/c13-9-1-6-17-10(7-9)11(8-16)2-4-12(14,15)5-3-11/h1,6-7H,2-5,8,16H2. The van der Waals surface area contributed by atoms with Crippen LogP contribution in [-0.4, -0.2) is 17.5 Å². The van der Waals surface area contributed by atoms with E-state index in [1.54, 1.807) is 18.3 Å². The third-order valence-corrected chi connectivity index (χ3v) is 3.83. The van der Waals surface area contributed by atoms with Crippen LogP contribution in [0.15, 0.2) is 18.3 Å². The van der Waals surface area contributed by atoms with E-state index in [1.807, 2.05) is 0 Å². The van der Waals surface area contributed by atoms with E-state index in [4.69, 9.17) is 17.3 Å². The van der Waals surface area contributed by atoms with Gasteiger partial charge in [0.25, 0.3) is 0 Å². The Morgan fingerprint density at radius 2 is 1.94 bits per heavy atom. The van der Waals surface area contributed by atoms with Gasteiger partial charge in [-0.3, -0.25) is 4.98 Å². The highest BCUT2D eigenvalue weighted by molar-refractivity contribution is 6.30. The van der Waals surface area contributed by atoms with Gasteiger partial charge in [0.15, 0.2) is 0 Å². The first kappa shape index (κ1) is 12.7. The molecular formula is C12H15ClF2N2. The quantitative estimate of drug-likeness (QED) is 0.887. The van der Waals surface area contributed by atoms with Crippen molar-refractivity contribution in [2.75, 3.05) is 6.54 Å². The summed E-state index contributed by atoms with van der Waals surface area (Å²) < 4.78 is 26.4. The molecule has 1 aromatic heterocycles. The second-order valence-corrected chi connectivity index (χ2v) is 5.14. The zero-order valence-electron chi connectivity index (χ0n) is 9.43. The molecule has 1 aliphatic rings. The molecule has 1 fully saturated rings. The Labute approximate surface area is 104 Å². The molecule has 2 N–H and O–H groups in total. The van der Waals surface area contributed by atoms with Crippen molar-refractivity contribution in [1.82, 2.24) is 4.98 Å². The number of hydrogen-bond donors (Lipinski definition) is 1. The summed E-state index contributed by atoms with van der Waals surface area (Å²) in [7, 11) is 0. The molecule has 0 aromatic carbocycles. The third kappa shape index (κ3) is 2.58.